The van der Waals surface area contributed by atoms with Gasteiger partial charge in [0.05, 0.1) is 6.61 Å². The lowest BCUT2D eigenvalue weighted by atomic mass is 10.1. The summed E-state index contributed by atoms with van der Waals surface area (Å²) in [5, 5.41) is 37.1. The average Bonchev–Trinajstić information content (AvgIpc) is 2.21. The summed E-state index contributed by atoms with van der Waals surface area (Å²) in [7, 11) is -4.46. The van der Waals surface area contributed by atoms with Gasteiger partial charge in [-0.05, 0) is 0 Å². The van der Waals surface area contributed by atoms with Crippen molar-refractivity contribution in [3.63, 3.8) is 0 Å². The van der Waals surface area contributed by atoms with Crippen LogP contribution in [-0.4, -0.2) is 67.3 Å². The molecule has 16 heavy (non-hydrogen) atoms. The number of aliphatic hydroxyl groups is 4. The van der Waals surface area contributed by atoms with Gasteiger partial charge < -0.3 is 35.5 Å². The first-order valence-corrected chi connectivity index (χ1v) is 5.96. The first-order chi connectivity index (χ1) is 7.19. The van der Waals surface area contributed by atoms with Gasteiger partial charge in [0.2, 0.25) is 0 Å². The molecule has 0 aromatic heterocycles. The van der Waals surface area contributed by atoms with Crippen LogP contribution in [0.15, 0.2) is 0 Å². The van der Waals surface area contributed by atoms with Crippen LogP contribution in [0.25, 0.3) is 0 Å². The Balaban J connectivity index is 4.23. The van der Waals surface area contributed by atoms with Crippen LogP contribution in [0, 0.1) is 0 Å². The normalized spacial score (nSPS) is 17.6. The maximum Gasteiger partial charge on any atom is 0.344 e. The Morgan fingerprint density at radius 1 is 1.25 bits per heavy atom. The molecule has 0 aliphatic rings. The number of carbonyl (C=O) groups excluding carboxylic acids is 1. The van der Waals surface area contributed by atoms with Gasteiger partial charge >= 0.3 is 7.60 Å². The Labute approximate surface area is 90.5 Å². The number of aliphatic hydroxyl groups excluding tert-OH is 4. The maximum absolute atomic E-state index is 11.0. The van der Waals surface area contributed by atoms with Gasteiger partial charge in [-0.2, -0.15) is 0 Å². The molecule has 0 bridgehead atoms. The van der Waals surface area contributed by atoms with E-state index in [1.807, 2.05) is 0 Å². The molecular weight excluding hydrogens is 245 g/mol. The van der Waals surface area contributed by atoms with Crippen molar-refractivity contribution >= 4 is 13.5 Å². The highest BCUT2D eigenvalue weighted by Gasteiger charge is 2.30. The van der Waals surface area contributed by atoms with Crippen LogP contribution in [0.2, 0.25) is 0 Å². The third kappa shape index (κ3) is 5.52. The van der Waals surface area contributed by atoms with E-state index in [1.54, 1.807) is 5.32 Å². The molecule has 0 aromatic rings. The van der Waals surface area contributed by atoms with E-state index in [1.165, 1.54) is 0 Å². The third-order valence-corrected chi connectivity index (χ3v) is 2.20. The van der Waals surface area contributed by atoms with Crippen molar-refractivity contribution < 1.29 is 39.6 Å². The molecular formula is C6H14NO8P. The van der Waals surface area contributed by atoms with E-state index in [0.29, 0.717) is 0 Å². The van der Waals surface area contributed by atoms with Gasteiger partial charge in [-0.25, -0.2) is 0 Å². The molecule has 0 saturated carbocycles. The minimum Gasteiger partial charge on any atom is -0.394 e. The summed E-state index contributed by atoms with van der Waals surface area (Å²) >= 11 is 0. The van der Waals surface area contributed by atoms with E-state index in [9.17, 15) is 9.36 Å². The molecule has 0 heterocycles. The predicted molar refractivity (Wildman–Crippen MR) is 50.2 cm³/mol. The average molecular weight is 259 g/mol. The van der Waals surface area contributed by atoms with E-state index in [0.717, 1.165) is 0 Å². The van der Waals surface area contributed by atoms with Crippen molar-refractivity contribution in [3.05, 3.63) is 0 Å². The van der Waals surface area contributed by atoms with Crippen molar-refractivity contribution in [2.45, 2.75) is 18.3 Å². The largest absolute Gasteiger partial charge is 0.394 e. The summed E-state index contributed by atoms with van der Waals surface area (Å²) < 4.78 is 10.4. The first-order valence-electron chi connectivity index (χ1n) is 4.16. The molecule has 0 aromatic carbocycles. The number of hydrogen-bond donors (Lipinski definition) is 7. The molecule has 0 aliphatic carbocycles. The second-order valence-electron chi connectivity index (χ2n) is 3.05. The first kappa shape index (κ1) is 15.5. The summed E-state index contributed by atoms with van der Waals surface area (Å²) in [4.78, 5) is 27.8. The summed E-state index contributed by atoms with van der Waals surface area (Å²) in [6.07, 6.45) is -6.75. The fourth-order valence-corrected chi connectivity index (χ4v) is 1.12. The molecule has 0 fully saturated rings. The van der Waals surface area contributed by atoms with E-state index in [-0.39, 0.29) is 0 Å². The van der Waals surface area contributed by atoms with E-state index in [4.69, 9.17) is 30.2 Å². The van der Waals surface area contributed by atoms with Crippen LogP contribution < -0.4 is 5.32 Å². The second-order valence-corrected chi connectivity index (χ2v) is 4.69. The molecule has 10 heteroatoms. The Hall–Kier alpha value is -0.540. The highest BCUT2D eigenvalue weighted by molar-refractivity contribution is 7.51. The SMILES string of the molecule is O=C(NCP(=O)(O)O)[C@@H](O)[C@H](O)[C@H](O)CO. The molecule has 0 aliphatic heterocycles. The van der Waals surface area contributed by atoms with Gasteiger partial charge in [0.15, 0.2) is 6.10 Å². The molecule has 0 radical (unpaired) electrons. The highest BCUT2D eigenvalue weighted by atomic mass is 31.2. The Kier molecular flexibility index (Phi) is 6.05. The Morgan fingerprint density at radius 3 is 2.12 bits per heavy atom. The quantitative estimate of drug-likeness (QED) is 0.239. The van der Waals surface area contributed by atoms with Crippen LogP contribution in [0.1, 0.15) is 0 Å². The predicted octanol–water partition coefficient (Wildman–Crippen LogP) is -3.69. The number of rotatable bonds is 6. The zero-order valence-electron chi connectivity index (χ0n) is 8.09. The van der Waals surface area contributed by atoms with Crippen LogP contribution >= 0.6 is 7.60 Å². The lowest BCUT2D eigenvalue weighted by molar-refractivity contribution is -0.142. The van der Waals surface area contributed by atoms with E-state index < -0.39 is 44.7 Å². The van der Waals surface area contributed by atoms with Gasteiger partial charge in [-0.1, -0.05) is 0 Å². The van der Waals surface area contributed by atoms with Crippen LogP contribution in [0.4, 0.5) is 0 Å². The Bertz CT molecular complexity index is 278. The molecule has 0 spiro atoms. The molecule has 7 N–H and O–H groups in total. The molecule has 0 saturated heterocycles. The monoisotopic (exact) mass is 259 g/mol. The van der Waals surface area contributed by atoms with E-state index >= 15 is 0 Å². The van der Waals surface area contributed by atoms with Crippen molar-refractivity contribution in [1.82, 2.24) is 5.32 Å². The van der Waals surface area contributed by atoms with Gasteiger partial charge in [0, 0.05) is 0 Å². The maximum atomic E-state index is 11.0. The summed E-state index contributed by atoms with van der Waals surface area (Å²) in [6.45, 7) is -0.871. The van der Waals surface area contributed by atoms with Gasteiger partial charge in [-0.3, -0.25) is 9.36 Å². The van der Waals surface area contributed by atoms with Crippen LogP contribution in [-0.2, 0) is 9.36 Å². The molecule has 0 unspecified atom stereocenters. The minimum atomic E-state index is -4.46. The Morgan fingerprint density at radius 2 is 1.75 bits per heavy atom. The van der Waals surface area contributed by atoms with E-state index in [2.05, 4.69) is 0 Å². The minimum absolute atomic E-state index is 0.871. The molecule has 9 nitrogen and oxygen atoms in total. The third-order valence-electron chi connectivity index (χ3n) is 1.63. The number of nitrogens with one attached hydrogen (secondary N) is 1. The zero-order chi connectivity index (χ0) is 12.9. The molecule has 1 amide bonds. The summed E-state index contributed by atoms with van der Waals surface area (Å²) in [6, 6.07) is 0. The van der Waals surface area contributed by atoms with Crippen molar-refractivity contribution in [1.29, 1.82) is 0 Å². The molecule has 96 valence electrons. The fraction of sp³-hybridized carbons (Fsp3) is 0.833. The van der Waals surface area contributed by atoms with Gasteiger partial charge in [0.25, 0.3) is 5.91 Å². The smallest absolute Gasteiger partial charge is 0.344 e. The topological polar surface area (TPSA) is 168 Å². The van der Waals surface area contributed by atoms with Crippen LogP contribution in [0.3, 0.4) is 0 Å². The molecule has 3 atom stereocenters. The number of hydrogen-bond acceptors (Lipinski definition) is 6. The highest BCUT2D eigenvalue weighted by Crippen LogP contribution is 2.31. The van der Waals surface area contributed by atoms with Crippen molar-refractivity contribution in [2.75, 3.05) is 12.9 Å². The standard InChI is InChI=1S/C6H14NO8P/c8-1-3(9)4(10)5(11)6(12)7-2-16(13,14)15/h3-5,8-11H,1-2H2,(H,7,12)(H2,13,14,15)/t3-,4-,5+/m1/s1. The van der Waals surface area contributed by atoms with Crippen LogP contribution in [0.5, 0.6) is 0 Å². The lowest BCUT2D eigenvalue weighted by Gasteiger charge is -2.20. The van der Waals surface area contributed by atoms with Crippen molar-refractivity contribution in [3.8, 4) is 0 Å². The lowest BCUT2D eigenvalue weighted by Crippen LogP contribution is -2.48. The van der Waals surface area contributed by atoms with Gasteiger partial charge in [0.1, 0.15) is 18.5 Å². The van der Waals surface area contributed by atoms with Crippen molar-refractivity contribution in [2.24, 2.45) is 0 Å². The molecule has 0 rings (SSSR count). The summed E-state index contributed by atoms with van der Waals surface area (Å²) in [5.74, 6) is -1.26. The summed E-state index contributed by atoms with van der Waals surface area (Å²) in [5.41, 5.74) is 0. The number of amides is 1. The van der Waals surface area contributed by atoms with Gasteiger partial charge in [-0.15, -0.1) is 0 Å². The fourth-order valence-electron chi connectivity index (χ4n) is 0.759. The zero-order valence-corrected chi connectivity index (χ0v) is 8.99. The number of carbonyl (C=O) groups is 1. The second kappa shape index (κ2) is 6.26.